The largest absolute Gasteiger partial charge is 0.493 e. The smallest absolute Gasteiger partial charge is 0.194 e. The van der Waals surface area contributed by atoms with Gasteiger partial charge in [0, 0.05) is 25.7 Å². The molecule has 0 spiro atoms. The summed E-state index contributed by atoms with van der Waals surface area (Å²) in [4.78, 5) is 6.61. The van der Waals surface area contributed by atoms with Crippen molar-refractivity contribution in [3.05, 3.63) is 29.3 Å². The number of benzene rings is 1. The number of nitrogens with zero attached hydrogens (tertiary/aromatic N) is 2. The van der Waals surface area contributed by atoms with Crippen LogP contribution in [0.25, 0.3) is 0 Å². The minimum Gasteiger partial charge on any atom is -0.493 e. The van der Waals surface area contributed by atoms with E-state index in [1.54, 1.807) is 0 Å². The van der Waals surface area contributed by atoms with E-state index < -0.39 is 0 Å². The monoisotopic (exact) mass is 273 g/mol. The van der Waals surface area contributed by atoms with Crippen molar-refractivity contribution >= 4 is 5.96 Å². The quantitative estimate of drug-likeness (QED) is 0.893. The Morgan fingerprint density at radius 2 is 2.25 bits per heavy atom. The van der Waals surface area contributed by atoms with Crippen molar-refractivity contribution in [1.82, 2.24) is 10.2 Å². The third-order valence-corrected chi connectivity index (χ3v) is 3.89. The van der Waals surface area contributed by atoms with E-state index in [-0.39, 0.29) is 0 Å². The Bertz CT molecular complexity index is 508. The van der Waals surface area contributed by atoms with Gasteiger partial charge in [-0.05, 0) is 37.3 Å². The Balaban J connectivity index is 1.64. The van der Waals surface area contributed by atoms with E-state index in [4.69, 9.17) is 4.74 Å². The number of ether oxygens (including phenoxy) is 1. The molecule has 0 unspecified atom stereocenters. The maximum absolute atomic E-state index is 5.99. The van der Waals surface area contributed by atoms with Crippen LogP contribution < -0.4 is 10.1 Å². The number of hydrogen-bond donors (Lipinski definition) is 1. The summed E-state index contributed by atoms with van der Waals surface area (Å²) in [5.41, 5.74) is 2.45. The molecule has 1 aliphatic carbocycles. The lowest BCUT2D eigenvalue weighted by Crippen LogP contribution is -2.35. The van der Waals surface area contributed by atoms with Gasteiger partial charge in [-0.3, -0.25) is 4.99 Å². The summed E-state index contributed by atoms with van der Waals surface area (Å²) in [5.74, 6) is 2.78. The van der Waals surface area contributed by atoms with Crippen molar-refractivity contribution < 1.29 is 4.74 Å². The van der Waals surface area contributed by atoms with Crippen LogP contribution in [0.15, 0.2) is 23.2 Å². The molecule has 1 heterocycles. The van der Waals surface area contributed by atoms with Crippen molar-refractivity contribution in [2.24, 2.45) is 10.9 Å². The second kappa shape index (κ2) is 5.73. The van der Waals surface area contributed by atoms with E-state index >= 15 is 0 Å². The molecule has 1 saturated carbocycles. The summed E-state index contributed by atoms with van der Waals surface area (Å²) in [6.07, 6.45) is 2.64. The highest BCUT2D eigenvalue weighted by molar-refractivity contribution is 5.81. The summed E-state index contributed by atoms with van der Waals surface area (Å²) in [7, 11) is 2.07. The van der Waals surface area contributed by atoms with Gasteiger partial charge in [-0.2, -0.15) is 0 Å². The SMILES string of the molecule is Cc1ccc(CNC2=NCCN2C)c(OCC2CC2)c1. The number of aryl methyl sites for hydroxylation is 1. The molecule has 0 amide bonds. The first-order chi connectivity index (χ1) is 9.72. The van der Waals surface area contributed by atoms with Crippen molar-refractivity contribution in [1.29, 1.82) is 0 Å². The second-order valence-corrected chi connectivity index (χ2v) is 5.85. The molecular formula is C16H23N3O. The van der Waals surface area contributed by atoms with Crippen LogP contribution in [0.4, 0.5) is 0 Å². The van der Waals surface area contributed by atoms with E-state index in [0.717, 1.165) is 43.9 Å². The van der Waals surface area contributed by atoms with Crippen molar-refractivity contribution in [3.8, 4) is 5.75 Å². The van der Waals surface area contributed by atoms with Crippen LogP contribution in [0.5, 0.6) is 5.75 Å². The summed E-state index contributed by atoms with van der Waals surface area (Å²) in [6.45, 7) is 5.62. The van der Waals surface area contributed by atoms with Crippen LogP contribution in [0.2, 0.25) is 0 Å². The lowest BCUT2D eigenvalue weighted by Gasteiger charge is -2.17. The maximum Gasteiger partial charge on any atom is 0.194 e. The number of aliphatic imine (C=N–C) groups is 1. The molecule has 4 heteroatoms. The Labute approximate surface area is 120 Å². The Morgan fingerprint density at radius 1 is 1.40 bits per heavy atom. The van der Waals surface area contributed by atoms with E-state index in [0.29, 0.717) is 0 Å². The molecule has 2 aliphatic rings. The van der Waals surface area contributed by atoms with Gasteiger partial charge < -0.3 is 15.0 Å². The molecule has 20 heavy (non-hydrogen) atoms. The van der Waals surface area contributed by atoms with Crippen LogP contribution in [-0.4, -0.2) is 37.6 Å². The van der Waals surface area contributed by atoms with Crippen molar-refractivity contribution in [2.45, 2.75) is 26.3 Å². The normalized spacial score (nSPS) is 18.1. The van der Waals surface area contributed by atoms with E-state index in [1.165, 1.54) is 24.0 Å². The minimum absolute atomic E-state index is 0.767. The third-order valence-electron chi connectivity index (χ3n) is 3.89. The fourth-order valence-electron chi connectivity index (χ4n) is 2.33. The Morgan fingerprint density at radius 3 is 2.95 bits per heavy atom. The molecule has 1 fully saturated rings. The molecule has 0 bridgehead atoms. The Kier molecular flexibility index (Phi) is 3.81. The molecule has 3 rings (SSSR count). The predicted molar refractivity (Wildman–Crippen MR) is 81.2 cm³/mol. The first-order valence-electron chi connectivity index (χ1n) is 7.44. The minimum atomic E-state index is 0.767. The zero-order valence-corrected chi connectivity index (χ0v) is 12.4. The van der Waals surface area contributed by atoms with E-state index in [2.05, 4.69) is 47.4 Å². The number of likely N-dealkylation sites (N-methyl/N-ethyl adjacent to an activating group) is 1. The van der Waals surface area contributed by atoms with Gasteiger partial charge in [-0.15, -0.1) is 0 Å². The summed E-state index contributed by atoms with van der Waals surface area (Å²) < 4.78 is 5.99. The van der Waals surface area contributed by atoms with Crippen LogP contribution in [0.3, 0.4) is 0 Å². The second-order valence-electron chi connectivity index (χ2n) is 5.85. The zero-order chi connectivity index (χ0) is 13.9. The molecule has 4 nitrogen and oxygen atoms in total. The van der Waals surface area contributed by atoms with E-state index in [9.17, 15) is 0 Å². The van der Waals surface area contributed by atoms with Crippen molar-refractivity contribution in [2.75, 3.05) is 26.7 Å². The molecule has 0 radical (unpaired) electrons. The zero-order valence-electron chi connectivity index (χ0n) is 12.4. The number of rotatable bonds is 5. The first kappa shape index (κ1) is 13.3. The molecule has 0 aromatic heterocycles. The van der Waals surface area contributed by atoms with Gasteiger partial charge in [-0.1, -0.05) is 12.1 Å². The number of guanidine groups is 1. The topological polar surface area (TPSA) is 36.9 Å². The molecule has 0 atom stereocenters. The lowest BCUT2D eigenvalue weighted by molar-refractivity contribution is 0.296. The summed E-state index contributed by atoms with van der Waals surface area (Å²) in [5, 5.41) is 3.41. The number of nitrogens with one attached hydrogen (secondary N) is 1. The van der Waals surface area contributed by atoms with Gasteiger partial charge in [0.05, 0.1) is 13.2 Å². The standard InChI is InChI=1S/C16H23N3O/c1-12-3-6-14(10-18-16-17-7-8-19(16)2)15(9-12)20-11-13-4-5-13/h3,6,9,13H,4-5,7-8,10-11H2,1-2H3,(H,17,18). The van der Waals surface area contributed by atoms with Crippen LogP contribution in [0, 0.1) is 12.8 Å². The molecule has 1 aromatic carbocycles. The van der Waals surface area contributed by atoms with E-state index in [1.807, 2.05) is 0 Å². The predicted octanol–water partition coefficient (Wildman–Crippen LogP) is 2.17. The van der Waals surface area contributed by atoms with Gasteiger partial charge in [0.2, 0.25) is 0 Å². The fourth-order valence-corrected chi connectivity index (χ4v) is 2.33. The van der Waals surface area contributed by atoms with Crippen LogP contribution >= 0.6 is 0 Å². The highest BCUT2D eigenvalue weighted by atomic mass is 16.5. The highest BCUT2D eigenvalue weighted by Crippen LogP contribution is 2.30. The lowest BCUT2D eigenvalue weighted by atomic mass is 10.1. The average molecular weight is 273 g/mol. The molecule has 0 saturated heterocycles. The average Bonchev–Trinajstić information content (AvgIpc) is 3.18. The first-order valence-corrected chi connectivity index (χ1v) is 7.44. The Hall–Kier alpha value is -1.71. The fraction of sp³-hybridized carbons (Fsp3) is 0.562. The van der Waals surface area contributed by atoms with Gasteiger partial charge in [-0.25, -0.2) is 0 Å². The third kappa shape index (κ3) is 3.24. The van der Waals surface area contributed by atoms with Crippen LogP contribution in [-0.2, 0) is 6.54 Å². The van der Waals surface area contributed by atoms with Gasteiger partial charge in [0.25, 0.3) is 0 Å². The number of hydrogen-bond acceptors (Lipinski definition) is 4. The van der Waals surface area contributed by atoms with Gasteiger partial charge in [0.1, 0.15) is 5.75 Å². The summed E-state index contributed by atoms with van der Waals surface area (Å²) in [6, 6.07) is 6.43. The van der Waals surface area contributed by atoms with Gasteiger partial charge >= 0.3 is 0 Å². The molecule has 108 valence electrons. The molecular weight excluding hydrogens is 250 g/mol. The highest BCUT2D eigenvalue weighted by Gasteiger charge is 2.22. The van der Waals surface area contributed by atoms with Crippen molar-refractivity contribution in [3.63, 3.8) is 0 Å². The molecule has 1 aromatic rings. The maximum atomic E-state index is 5.99. The van der Waals surface area contributed by atoms with Gasteiger partial charge in [0.15, 0.2) is 5.96 Å². The molecule has 1 aliphatic heterocycles. The molecule has 1 N–H and O–H groups in total. The summed E-state index contributed by atoms with van der Waals surface area (Å²) >= 11 is 0. The van der Waals surface area contributed by atoms with Crippen LogP contribution in [0.1, 0.15) is 24.0 Å².